The molecule has 6 nitrogen and oxygen atoms in total. The lowest BCUT2D eigenvalue weighted by Crippen LogP contribution is -2.57. The van der Waals surface area contributed by atoms with Crippen molar-refractivity contribution in [3.63, 3.8) is 0 Å². The molecule has 0 saturated carbocycles. The second kappa shape index (κ2) is 6.13. The number of imide groups is 2. The zero-order valence-electron chi connectivity index (χ0n) is 11.7. The first-order valence-electron chi connectivity index (χ1n) is 6.47. The fourth-order valence-electron chi connectivity index (χ4n) is 2.21. The minimum atomic E-state index is -0.851. The van der Waals surface area contributed by atoms with Crippen molar-refractivity contribution in [2.24, 2.45) is 5.92 Å². The van der Waals surface area contributed by atoms with Crippen LogP contribution < -0.4 is 10.1 Å². The smallest absolute Gasteiger partial charge is 0.331 e. The van der Waals surface area contributed by atoms with Crippen LogP contribution in [0.5, 0.6) is 5.75 Å². The van der Waals surface area contributed by atoms with Crippen molar-refractivity contribution >= 4 is 29.4 Å². The van der Waals surface area contributed by atoms with Gasteiger partial charge in [-0.15, -0.1) is 0 Å². The Morgan fingerprint density at radius 1 is 1.33 bits per heavy atom. The van der Waals surface area contributed by atoms with Crippen LogP contribution in [-0.2, 0) is 16.1 Å². The summed E-state index contributed by atoms with van der Waals surface area (Å²) in [5.41, 5.74) is 0.523. The number of methoxy groups -OCH3 is 1. The Kier molecular flexibility index (Phi) is 4.47. The van der Waals surface area contributed by atoms with Crippen molar-refractivity contribution in [1.82, 2.24) is 10.2 Å². The van der Waals surface area contributed by atoms with Gasteiger partial charge >= 0.3 is 6.03 Å². The number of halogens is 1. The van der Waals surface area contributed by atoms with Gasteiger partial charge in [-0.3, -0.25) is 19.8 Å². The molecule has 2 rings (SSSR count). The summed E-state index contributed by atoms with van der Waals surface area (Å²) in [5, 5.41) is 2.57. The molecule has 1 aromatic rings. The largest absolute Gasteiger partial charge is 0.496 e. The van der Waals surface area contributed by atoms with Crippen LogP contribution >= 0.6 is 11.6 Å². The van der Waals surface area contributed by atoms with E-state index in [-0.39, 0.29) is 6.54 Å². The Labute approximate surface area is 127 Å². The van der Waals surface area contributed by atoms with Gasteiger partial charge in [0.1, 0.15) is 11.7 Å². The maximum Gasteiger partial charge on any atom is 0.331 e. The van der Waals surface area contributed by atoms with Gasteiger partial charge in [0.05, 0.1) is 13.7 Å². The lowest BCUT2D eigenvalue weighted by atomic mass is 10.0. The van der Waals surface area contributed by atoms with E-state index in [1.807, 2.05) is 0 Å². The Hall–Kier alpha value is -2.08. The average molecular weight is 311 g/mol. The van der Waals surface area contributed by atoms with Gasteiger partial charge in [-0.25, -0.2) is 4.79 Å². The highest BCUT2D eigenvalue weighted by Gasteiger charge is 2.39. The SMILES string of the molecule is CCC1C(=O)NC(=O)N(Cc2c(Cl)cccc2OC)C1=O. The molecule has 1 heterocycles. The molecule has 0 radical (unpaired) electrons. The van der Waals surface area contributed by atoms with Gasteiger partial charge in [-0.1, -0.05) is 24.6 Å². The number of nitrogens with one attached hydrogen (secondary N) is 1. The summed E-state index contributed by atoms with van der Waals surface area (Å²) in [7, 11) is 1.48. The van der Waals surface area contributed by atoms with Crippen LogP contribution in [0.15, 0.2) is 18.2 Å². The summed E-state index contributed by atoms with van der Waals surface area (Å²) in [5.74, 6) is -1.45. The Bertz CT molecular complexity index is 603. The molecule has 1 N–H and O–H groups in total. The van der Waals surface area contributed by atoms with E-state index in [9.17, 15) is 14.4 Å². The van der Waals surface area contributed by atoms with Crippen LogP contribution in [0.4, 0.5) is 4.79 Å². The van der Waals surface area contributed by atoms with E-state index < -0.39 is 23.8 Å². The number of urea groups is 1. The van der Waals surface area contributed by atoms with E-state index in [0.717, 1.165) is 4.90 Å². The van der Waals surface area contributed by atoms with Crippen LogP contribution in [0, 0.1) is 5.92 Å². The summed E-state index contributed by atoms with van der Waals surface area (Å²) in [6.45, 7) is 1.67. The zero-order valence-corrected chi connectivity index (χ0v) is 12.4. The Morgan fingerprint density at radius 2 is 2.05 bits per heavy atom. The standard InChI is InChI=1S/C14H15ClN2O4/c1-3-8-12(18)16-14(20)17(13(8)19)7-9-10(15)5-4-6-11(9)21-2/h4-6,8H,3,7H2,1-2H3,(H,16,18,20). The molecule has 1 unspecified atom stereocenters. The summed E-state index contributed by atoms with van der Waals surface area (Å²) in [6.07, 6.45) is 0.327. The lowest BCUT2D eigenvalue weighted by Gasteiger charge is -2.30. The number of carbonyl (C=O) groups excluding carboxylic acids is 3. The third-order valence-corrected chi connectivity index (χ3v) is 3.73. The molecule has 0 spiro atoms. The monoisotopic (exact) mass is 310 g/mol. The normalized spacial score (nSPS) is 18.7. The molecule has 0 bridgehead atoms. The first-order chi connectivity index (χ1) is 9.99. The van der Waals surface area contributed by atoms with E-state index in [1.54, 1.807) is 25.1 Å². The predicted octanol–water partition coefficient (Wildman–Crippen LogP) is 1.95. The number of carbonyl (C=O) groups is 3. The number of amides is 4. The summed E-state index contributed by atoms with van der Waals surface area (Å²) in [6, 6.07) is 4.31. The average Bonchev–Trinajstić information content (AvgIpc) is 2.44. The van der Waals surface area contributed by atoms with Crippen LogP contribution in [0.1, 0.15) is 18.9 Å². The van der Waals surface area contributed by atoms with E-state index >= 15 is 0 Å². The van der Waals surface area contributed by atoms with Crippen LogP contribution in [0.2, 0.25) is 5.02 Å². The Balaban J connectivity index is 2.32. The van der Waals surface area contributed by atoms with E-state index in [2.05, 4.69) is 5.32 Å². The molecule has 21 heavy (non-hydrogen) atoms. The fourth-order valence-corrected chi connectivity index (χ4v) is 2.44. The summed E-state index contributed by atoms with van der Waals surface area (Å²) < 4.78 is 5.19. The summed E-state index contributed by atoms with van der Waals surface area (Å²) >= 11 is 6.11. The number of rotatable bonds is 4. The fraction of sp³-hybridized carbons (Fsp3) is 0.357. The number of benzene rings is 1. The van der Waals surface area contributed by atoms with Gasteiger partial charge in [0, 0.05) is 10.6 Å². The van der Waals surface area contributed by atoms with Crippen LogP contribution in [0.3, 0.4) is 0 Å². The Morgan fingerprint density at radius 3 is 2.67 bits per heavy atom. The second-order valence-electron chi connectivity index (χ2n) is 4.60. The van der Waals surface area contributed by atoms with Gasteiger partial charge in [0.15, 0.2) is 0 Å². The van der Waals surface area contributed by atoms with Crippen molar-refractivity contribution in [3.8, 4) is 5.75 Å². The minimum Gasteiger partial charge on any atom is -0.496 e. The topological polar surface area (TPSA) is 75.7 Å². The molecule has 7 heteroatoms. The van der Waals surface area contributed by atoms with Gasteiger partial charge < -0.3 is 4.74 Å². The zero-order chi connectivity index (χ0) is 15.6. The van der Waals surface area contributed by atoms with E-state index in [1.165, 1.54) is 7.11 Å². The molecule has 1 atom stereocenters. The van der Waals surface area contributed by atoms with Crippen molar-refractivity contribution in [3.05, 3.63) is 28.8 Å². The molecule has 4 amide bonds. The van der Waals surface area contributed by atoms with E-state index in [4.69, 9.17) is 16.3 Å². The highest BCUT2D eigenvalue weighted by atomic mass is 35.5. The van der Waals surface area contributed by atoms with Gasteiger partial charge in [-0.05, 0) is 18.6 Å². The summed E-state index contributed by atoms with van der Waals surface area (Å²) in [4.78, 5) is 36.7. The second-order valence-corrected chi connectivity index (χ2v) is 5.01. The first-order valence-corrected chi connectivity index (χ1v) is 6.85. The number of hydrogen-bond donors (Lipinski definition) is 1. The predicted molar refractivity (Wildman–Crippen MR) is 75.9 cm³/mol. The van der Waals surface area contributed by atoms with Crippen molar-refractivity contribution in [2.45, 2.75) is 19.9 Å². The van der Waals surface area contributed by atoms with Crippen molar-refractivity contribution in [1.29, 1.82) is 0 Å². The third kappa shape index (κ3) is 2.85. The molecule has 112 valence electrons. The van der Waals surface area contributed by atoms with Gasteiger partial charge in [0.25, 0.3) is 0 Å². The number of barbiturate groups is 1. The van der Waals surface area contributed by atoms with Crippen LogP contribution in [0.25, 0.3) is 0 Å². The first kappa shape index (κ1) is 15.3. The lowest BCUT2D eigenvalue weighted by molar-refractivity contribution is -0.143. The molecule has 1 saturated heterocycles. The maximum absolute atomic E-state index is 12.3. The van der Waals surface area contributed by atoms with Gasteiger partial charge in [-0.2, -0.15) is 0 Å². The number of nitrogens with zero attached hydrogens (tertiary/aromatic N) is 1. The third-order valence-electron chi connectivity index (χ3n) is 3.38. The molecular formula is C14H15ClN2O4. The van der Waals surface area contributed by atoms with Gasteiger partial charge in [0.2, 0.25) is 11.8 Å². The molecule has 1 aliphatic rings. The molecule has 0 aromatic heterocycles. The maximum atomic E-state index is 12.3. The highest BCUT2D eigenvalue weighted by molar-refractivity contribution is 6.31. The minimum absolute atomic E-state index is 0.0444. The molecule has 1 aromatic carbocycles. The van der Waals surface area contributed by atoms with Crippen LogP contribution in [-0.4, -0.2) is 29.9 Å². The van der Waals surface area contributed by atoms with Crippen molar-refractivity contribution < 1.29 is 19.1 Å². The number of ether oxygens (including phenoxy) is 1. The molecule has 1 fully saturated rings. The van der Waals surface area contributed by atoms with Crippen molar-refractivity contribution in [2.75, 3.05) is 7.11 Å². The van der Waals surface area contributed by atoms with E-state index in [0.29, 0.717) is 22.8 Å². The molecule has 1 aliphatic heterocycles. The highest BCUT2D eigenvalue weighted by Crippen LogP contribution is 2.29. The quantitative estimate of drug-likeness (QED) is 0.863. The molecular weight excluding hydrogens is 296 g/mol. The molecule has 0 aliphatic carbocycles. The number of hydrogen-bond acceptors (Lipinski definition) is 4.